The maximum absolute atomic E-state index is 8.61. The lowest BCUT2D eigenvalue weighted by Gasteiger charge is -2.32. The number of aliphatic hydroxyl groups excluding tert-OH is 1. The molecule has 5 heteroatoms. The molecule has 1 atom stereocenters. The number of hydrogen-bond acceptors (Lipinski definition) is 5. The van der Waals surface area contributed by atoms with Crippen molar-refractivity contribution in [3.05, 3.63) is 22.4 Å². The minimum atomic E-state index is 0.0979. The summed E-state index contributed by atoms with van der Waals surface area (Å²) in [4.78, 5) is 2.35. The third-order valence-electron chi connectivity index (χ3n) is 2.85. The second-order valence-electron chi connectivity index (χ2n) is 4.05. The van der Waals surface area contributed by atoms with Gasteiger partial charge in [0, 0.05) is 19.6 Å². The molecule has 1 aromatic rings. The second-order valence-corrected chi connectivity index (χ2v) is 4.83. The van der Waals surface area contributed by atoms with Crippen LogP contribution in [0, 0.1) is 0 Å². The van der Waals surface area contributed by atoms with E-state index in [1.165, 1.54) is 5.56 Å². The maximum Gasteiger partial charge on any atom is 0.0960 e. The van der Waals surface area contributed by atoms with Crippen LogP contribution in [0.25, 0.3) is 0 Å². The number of rotatable bonds is 6. The van der Waals surface area contributed by atoms with Gasteiger partial charge in [0.25, 0.3) is 0 Å². The highest BCUT2D eigenvalue weighted by Gasteiger charge is 2.21. The molecule has 0 spiro atoms. The second kappa shape index (κ2) is 7.08. The van der Waals surface area contributed by atoms with Gasteiger partial charge in [-0.3, -0.25) is 4.90 Å². The summed E-state index contributed by atoms with van der Waals surface area (Å²) in [5.41, 5.74) is 1.27. The van der Waals surface area contributed by atoms with Crippen molar-refractivity contribution >= 4 is 11.3 Å². The standard InChI is InChI=1S/C12H19NO3S/c14-4-7-15-5-2-13-3-6-16-12(9-13)11-1-8-17-10-11/h1,8,10,12,14H,2-7,9H2. The summed E-state index contributed by atoms with van der Waals surface area (Å²) >= 11 is 1.71. The number of morpholine rings is 1. The molecule has 1 saturated heterocycles. The van der Waals surface area contributed by atoms with Crippen LogP contribution in [0.15, 0.2) is 16.8 Å². The Morgan fingerprint density at radius 2 is 2.47 bits per heavy atom. The molecule has 1 aliphatic heterocycles. The van der Waals surface area contributed by atoms with Gasteiger partial charge in [-0.2, -0.15) is 11.3 Å². The first-order valence-electron chi connectivity index (χ1n) is 5.95. The number of thiophene rings is 1. The van der Waals surface area contributed by atoms with Gasteiger partial charge < -0.3 is 14.6 Å². The van der Waals surface area contributed by atoms with E-state index in [1.807, 2.05) is 0 Å². The van der Waals surface area contributed by atoms with Crippen LogP contribution in [0.5, 0.6) is 0 Å². The van der Waals surface area contributed by atoms with Crippen molar-refractivity contribution in [3.8, 4) is 0 Å². The zero-order chi connectivity index (χ0) is 11.9. The highest BCUT2D eigenvalue weighted by Crippen LogP contribution is 2.23. The highest BCUT2D eigenvalue weighted by atomic mass is 32.1. The third-order valence-corrected chi connectivity index (χ3v) is 3.55. The number of ether oxygens (including phenoxy) is 2. The summed E-state index contributed by atoms with van der Waals surface area (Å²) in [6, 6.07) is 2.13. The average Bonchev–Trinajstić information content (AvgIpc) is 2.89. The Morgan fingerprint density at radius 3 is 3.24 bits per heavy atom. The Hall–Kier alpha value is -0.460. The molecule has 1 N–H and O–H groups in total. The van der Waals surface area contributed by atoms with Crippen LogP contribution in [0.2, 0.25) is 0 Å². The molecule has 0 aromatic carbocycles. The van der Waals surface area contributed by atoms with Gasteiger partial charge in [0.05, 0.1) is 32.5 Å². The first-order valence-corrected chi connectivity index (χ1v) is 6.89. The van der Waals surface area contributed by atoms with E-state index in [2.05, 4.69) is 21.7 Å². The van der Waals surface area contributed by atoms with Gasteiger partial charge in [-0.25, -0.2) is 0 Å². The highest BCUT2D eigenvalue weighted by molar-refractivity contribution is 7.07. The number of nitrogens with zero attached hydrogens (tertiary/aromatic N) is 1. The van der Waals surface area contributed by atoms with Crippen LogP contribution in [0.4, 0.5) is 0 Å². The predicted octanol–water partition coefficient (Wildman–Crippen LogP) is 1.13. The molecule has 2 heterocycles. The van der Waals surface area contributed by atoms with Gasteiger partial charge in [0.2, 0.25) is 0 Å². The molecule has 0 radical (unpaired) electrons. The lowest BCUT2D eigenvalue weighted by molar-refractivity contribution is -0.0387. The number of hydrogen-bond donors (Lipinski definition) is 1. The van der Waals surface area contributed by atoms with Crippen LogP contribution >= 0.6 is 11.3 Å². The van der Waals surface area contributed by atoms with Crippen LogP contribution in [-0.2, 0) is 9.47 Å². The van der Waals surface area contributed by atoms with Crippen LogP contribution in [0.3, 0.4) is 0 Å². The predicted molar refractivity (Wildman–Crippen MR) is 67.4 cm³/mol. The summed E-state index contributed by atoms with van der Waals surface area (Å²) in [5, 5.41) is 12.8. The van der Waals surface area contributed by atoms with Crippen molar-refractivity contribution in [2.45, 2.75) is 6.10 Å². The van der Waals surface area contributed by atoms with E-state index in [0.29, 0.717) is 13.2 Å². The monoisotopic (exact) mass is 257 g/mol. The molecule has 1 aliphatic rings. The van der Waals surface area contributed by atoms with E-state index >= 15 is 0 Å². The third kappa shape index (κ3) is 4.04. The molecule has 2 rings (SSSR count). The molecule has 0 bridgehead atoms. The zero-order valence-corrected chi connectivity index (χ0v) is 10.7. The van der Waals surface area contributed by atoms with Gasteiger partial charge in [0.1, 0.15) is 0 Å². The van der Waals surface area contributed by atoms with Crippen molar-refractivity contribution in [2.24, 2.45) is 0 Å². The first kappa shape index (κ1) is 13.0. The fourth-order valence-corrected chi connectivity index (χ4v) is 2.63. The minimum absolute atomic E-state index is 0.0979. The summed E-state index contributed by atoms with van der Waals surface area (Å²) in [5.74, 6) is 0. The van der Waals surface area contributed by atoms with Crippen LogP contribution in [-0.4, -0.2) is 56.1 Å². The van der Waals surface area contributed by atoms with Crippen LogP contribution < -0.4 is 0 Å². The van der Waals surface area contributed by atoms with E-state index in [0.717, 1.165) is 26.2 Å². The average molecular weight is 257 g/mol. The smallest absolute Gasteiger partial charge is 0.0960 e. The van der Waals surface area contributed by atoms with Gasteiger partial charge in [-0.15, -0.1) is 0 Å². The summed E-state index contributed by atoms with van der Waals surface area (Å²) in [6.45, 7) is 4.78. The minimum Gasteiger partial charge on any atom is -0.394 e. The van der Waals surface area contributed by atoms with Crippen molar-refractivity contribution in [1.29, 1.82) is 0 Å². The Labute approximate surface area is 106 Å². The van der Waals surface area contributed by atoms with Gasteiger partial charge >= 0.3 is 0 Å². The molecule has 0 aliphatic carbocycles. The normalized spacial score (nSPS) is 21.8. The van der Waals surface area contributed by atoms with Gasteiger partial charge in [0.15, 0.2) is 0 Å². The Bertz CT molecular complexity index is 305. The Morgan fingerprint density at radius 1 is 1.53 bits per heavy atom. The van der Waals surface area contributed by atoms with E-state index in [9.17, 15) is 0 Å². The summed E-state index contributed by atoms with van der Waals surface area (Å²) in [6.07, 6.45) is 0.202. The maximum atomic E-state index is 8.61. The fourth-order valence-electron chi connectivity index (χ4n) is 1.93. The molecule has 0 amide bonds. The molecular formula is C12H19NO3S. The Kier molecular flexibility index (Phi) is 5.41. The van der Waals surface area contributed by atoms with Crippen molar-refractivity contribution in [2.75, 3.05) is 46.1 Å². The van der Waals surface area contributed by atoms with Gasteiger partial charge in [-0.05, 0) is 22.4 Å². The van der Waals surface area contributed by atoms with Gasteiger partial charge in [-0.1, -0.05) is 0 Å². The number of aliphatic hydroxyl groups is 1. The quantitative estimate of drug-likeness (QED) is 0.776. The van der Waals surface area contributed by atoms with E-state index in [-0.39, 0.29) is 12.7 Å². The summed E-state index contributed by atoms with van der Waals surface area (Å²) in [7, 11) is 0. The van der Waals surface area contributed by atoms with Crippen molar-refractivity contribution < 1.29 is 14.6 Å². The molecule has 17 heavy (non-hydrogen) atoms. The van der Waals surface area contributed by atoms with Crippen LogP contribution in [0.1, 0.15) is 11.7 Å². The topological polar surface area (TPSA) is 41.9 Å². The van der Waals surface area contributed by atoms with E-state index in [4.69, 9.17) is 14.6 Å². The van der Waals surface area contributed by atoms with E-state index in [1.54, 1.807) is 11.3 Å². The molecule has 1 fully saturated rings. The molecule has 0 saturated carbocycles. The molecule has 1 aromatic heterocycles. The SMILES string of the molecule is OCCOCCN1CCOC(c2ccsc2)C1. The lowest BCUT2D eigenvalue weighted by atomic mass is 10.1. The molecule has 4 nitrogen and oxygen atoms in total. The molecule has 96 valence electrons. The van der Waals surface area contributed by atoms with Crippen molar-refractivity contribution in [1.82, 2.24) is 4.90 Å². The lowest BCUT2D eigenvalue weighted by Crippen LogP contribution is -2.40. The fraction of sp³-hybridized carbons (Fsp3) is 0.667. The zero-order valence-electron chi connectivity index (χ0n) is 9.88. The first-order chi connectivity index (χ1) is 8.40. The van der Waals surface area contributed by atoms with E-state index < -0.39 is 0 Å². The Balaban J connectivity index is 1.73. The summed E-state index contributed by atoms with van der Waals surface area (Å²) < 4.78 is 11.0. The largest absolute Gasteiger partial charge is 0.394 e. The molecular weight excluding hydrogens is 238 g/mol. The van der Waals surface area contributed by atoms with Crippen molar-refractivity contribution in [3.63, 3.8) is 0 Å². The molecule has 1 unspecified atom stereocenters.